The van der Waals surface area contributed by atoms with Crippen LogP contribution in [0.3, 0.4) is 0 Å². The fourth-order valence-corrected chi connectivity index (χ4v) is 3.80. The first kappa shape index (κ1) is 19.9. The van der Waals surface area contributed by atoms with Crippen molar-refractivity contribution < 1.29 is 18.4 Å². The molecule has 2 aromatic carbocycles. The summed E-state index contributed by atoms with van der Waals surface area (Å²) < 4.78 is 23.6. The molecule has 3 aromatic rings. The Morgan fingerprint density at radius 1 is 1.18 bits per heavy atom. The Morgan fingerprint density at radius 3 is 2.64 bits per heavy atom. The largest absolute Gasteiger partial charge is 0.492 e. The summed E-state index contributed by atoms with van der Waals surface area (Å²) in [7, 11) is 0. The summed E-state index contributed by atoms with van der Waals surface area (Å²) in [6.45, 7) is 4.44. The lowest BCUT2D eigenvalue weighted by molar-refractivity contribution is 0.0944. The molecule has 1 aromatic heterocycles. The summed E-state index contributed by atoms with van der Waals surface area (Å²) in [4.78, 5) is 13.4. The number of nitrogens with one attached hydrogen (secondary N) is 1. The maximum absolute atomic E-state index is 12.9. The molecule has 146 valence electrons. The highest BCUT2D eigenvalue weighted by Gasteiger charge is 2.14. The van der Waals surface area contributed by atoms with E-state index in [2.05, 4.69) is 10.5 Å². The standard InChI is InChI=1S/C21H21FN2O3S/c1-14-19(15(2)27-24-14)13-28-20-6-4-3-5-18(20)21(25)23-11-12-26-17-9-7-16(22)8-10-17/h3-10H,11-13H2,1-2H3,(H,23,25). The van der Waals surface area contributed by atoms with Gasteiger partial charge in [-0.25, -0.2) is 4.39 Å². The van der Waals surface area contributed by atoms with Crippen LogP contribution in [0.15, 0.2) is 57.9 Å². The van der Waals surface area contributed by atoms with E-state index in [1.54, 1.807) is 30.0 Å². The summed E-state index contributed by atoms with van der Waals surface area (Å²) in [6, 6.07) is 13.2. The van der Waals surface area contributed by atoms with Crippen LogP contribution in [0.25, 0.3) is 0 Å². The Hall–Kier alpha value is -2.80. The van der Waals surface area contributed by atoms with Crippen molar-refractivity contribution in [3.63, 3.8) is 0 Å². The number of hydrogen-bond acceptors (Lipinski definition) is 5. The molecule has 1 N–H and O–H groups in total. The molecule has 0 radical (unpaired) electrons. The van der Waals surface area contributed by atoms with Gasteiger partial charge in [-0.2, -0.15) is 0 Å². The van der Waals surface area contributed by atoms with E-state index in [9.17, 15) is 9.18 Å². The molecular formula is C21H21FN2O3S. The van der Waals surface area contributed by atoms with Crippen LogP contribution in [0.1, 0.15) is 27.4 Å². The molecule has 0 aliphatic heterocycles. The molecule has 7 heteroatoms. The van der Waals surface area contributed by atoms with E-state index in [1.807, 2.05) is 32.0 Å². The quantitative estimate of drug-likeness (QED) is 0.445. The zero-order valence-corrected chi connectivity index (χ0v) is 16.5. The first-order chi connectivity index (χ1) is 13.5. The number of halogens is 1. The smallest absolute Gasteiger partial charge is 0.252 e. The molecule has 28 heavy (non-hydrogen) atoms. The monoisotopic (exact) mass is 400 g/mol. The SMILES string of the molecule is Cc1noc(C)c1CSc1ccccc1C(=O)NCCOc1ccc(F)cc1. The van der Waals surface area contributed by atoms with Crippen molar-refractivity contribution in [3.05, 3.63) is 76.9 Å². The number of carbonyl (C=O) groups is 1. The predicted molar refractivity (Wildman–Crippen MR) is 106 cm³/mol. The topological polar surface area (TPSA) is 64.4 Å². The van der Waals surface area contributed by atoms with Crippen LogP contribution in [-0.2, 0) is 5.75 Å². The van der Waals surface area contributed by atoms with E-state index in [0.717, 1.165) is 21.9 Å². The fourth-order valence-electron chi connectivity index (χ4n) is 2.60. The molecule has 0 bridgehead atoms. The Balaban J connectivity index is 1.54. The highest BCUT2D eigenvalue weighted by Crippen LogP contribution is 2.28. The normalized spacial score (nSPS) is 10.7. The van der Waals surface area contributed by atoms with Gasteiger partial charge >= 0.3 is 0 Å². The summed E-state index contributed by atoms with van der Waals surface area (Å²) in [5.74, 6) is 1.56. The minimum Gasteiger partial charge on any atom is -0.492 e. The number of hydrogen-bond donors (Lipinski definition) is 1. The Bertz CT molecular complexity index is 922. The van der Waals surface area contributed by atoms with Gasteiger partial charge in [0.25, 0.3) is 5.91 Å². The highest BCUT2D eigenvalue weighted by atomic mass is 32.2. The van der Waals surface area contributed by atoms with Gasteiger partial charge in [-0.1, -0.05) is 17.3 Å². The minimum absolute atomic E-state index is 0.162. The van der Waals surface area contributed by atoms with E-state index in [1.165, 1.54) is 12.1 Å². The predicted octanol–water partition coefficient (Wildman–Crippen LogP) is 4.53. The summed E-state index contributed by atoms with van der Waals surface area (Å²) >= 11 is 1.57. The van der Waals surface area contributed by atoms with E-state index in [-0.39, 0.29) is 11.7 Å². The molecule has 0 fully saturated rings. The second-order valence-corrected chi connectivity index (χ2v) is 7.16. The van der Waals surface area contributed by atoms with Crippen LogP contribution in [0.5, 0.6) is 5.75 Å². The Labute approximate surface area is 167 Å². The number of carbonyl (C=O) groups excluding carboxylic acids is 1. The summed E-state index contributed by atoms with van der Waals surface area (Å²) in [5, 5.41) is 6.82. The third-order valence-corrected chi connectivity index (χ3v) is 5.25. The fraction of sp³-hybridized carbons (Fsp3) is 0.238. The molecule has 1 heterocycles. The van der Waals surface area contributed by atoms with Crippen LogP contribution < -0.4 is 10.1 Å². The zero-order valence-electron chi connectivity index (χ0n) is 15.7. The number of benzene rings is 2. The second kappa shape index (κ2) is 9.41. The van der Waals surface area contributed by atoms with Crippen LogP contribution in [0.4, 0.5) is 4.39 Å². The summed E-state index contributed by atoms with van der Waals surface area (Å²) in [5.41, 5.74) is 2.53. The lowest BCUT2D eigenvalue weighted by Gasteiger charge is -2.11. The summed E-state index contributed by atoms with van der Waals surface area (Å²) in [6.07, 6.45) is 0. The van der Waals surface area contributed by atoms with Crippen LogP contribution >= 0.6 is 11.8 Å². The van der Waals surface area contributed by atoms with Gasteiger partial charge < -0.3 is 14.6 Å². The lowest BCUT2D eigenvalue weighted by atomic mass is 10.2. The van der Waals surface area contributed by atoms with Crippen LogP contribution in [-0.4, -0.2) is 24.2 Å². The van der Waals surface area contributed by atoms with Crippen LogP contribution in [0, 0.1) is 19.7 Å². The molecule has 0 atom stereocenters. The molecule has 0 aliphatic carbocycles. The number of aromatic nitrogens is 1. The van der Waals surface area contributed by atoms with Gasteiger partial charge in [-0.15, -0.1) is 11.8 Å². The minimum atomic E-state index is -0.314. The van der Waals surface area contributed by atoms with E-state index >= 15 is 0 Å². The van der Waals surface area contributed by atoms with Gasteiger partial charge in [0, 0.05) is 16.2 Å². The van der Waals surface area contributed by atoms with Crippen molar-refractivity contribution in [3.8, 4) is 5.75 Å². The first-order valence-electron chi connectivity index (χ1n) is 8.84. The molecule has 0 unspecified atom stereocenters. The van der Waals surface area contributed by atoms with Crippen molar-refractivity contribution in [1.82, 2.24) is 10.5 Å². The van der Waals surface area contributed by atoms with Crippen molar-refractivity contribution in [2.24, 2.45) is 0 Å². The van der Waals surface area contributed by atoms with Gasteiger partial charge in [0.15, 0.2) is 0 Å². The van der Waals surface area contributed by atoms with Gasteiger partial charge in [0.2, 0.25) is 0 Å². The molecule has 1 amide bonds. The van der Waals surface area contributed by atoms with Gasteiger partial charge in [0.05, 0.1) is 17.8 Å². The van der Waals surface area contributed by atoms with E-state index in [0.29, 0.717) is 30.2 Å². The zero-order chi connectivity index (χ0) is 19.9. The number of rotatable bonds is 8. The highest BCUT2D eigenvalue weighted by molar-refractivity contribution is 7.98. The maximum atomic E-state index is 12.9. The van der Waals surface area contributed by atoms with Gasteiger partial charge in [-0.05, 0) is 50.2 Å². The van der Waals surface area contributed by atoms with Crippen molar-refractivity contribution in [2.45, 2.75) is 24.5 Å². The van der Waals surface area contributed by atoms with E-state index in [4.69, 9.17) is 9.26 Å². The third-order valence-electron chi connectivity index (χ3n) is 4.15. The number of amides is 1. The van der Waals surface area contributed by atoms with Gasteiger partial charge in [-0.3, -0.25) is 4.79 Å². The number of nitrogens with zero attached hydrogens (tertiary/aromatic N) is 1. The van der Waals surface area contributed by atoms with Crippen LogP contribution in [0.2, 0.25) is 0 Å². The average Bonchev–Trinajstić information content (AvgIpc) is 3.02. The molecule has 3 rings (SSSR count). The average molecular weight is 400 g/mol. The molecule has 0 saturated heterocycles. The Morgan fingerprint density at radius 2 is 1.93 bits per heavy atom. The molecule has 5 nitrogen and oxygen atoms in total. The Kier molecular flexibility index (Phi) is 6.71. The molecular weight excluding hydrogens is 379 g/mol. The second-order valence-electron chi connectivity index (χ2n) is 6.15. The number of aryl methyl sites for hydroxylation is 2. The number of ether oxygens (including phenoxy) is 1. The lowest BCUT2D eigenvalue weighted by Crippen LogP contribution is -2.28. The first-order valence-corrected chi connectivity index (χ1v) is 9.83. The van der Waals surface area contributed by atoms with E-state index < -0.39 is 0 Å². The molecule has 0 spiro atoms. The third kappa shape index (κ3) is 5.13. The molecule has 0 saturated carbocycles. The van der Waals surface area contributed by atoms with Crippen molar-refractivity contribution in [2.75, 3.05) is 13.2 Å². The molecule has 0 aliphatic rings. The number of thioether (sulfide) groups is 1. The van der Waals surface area contributed by atoms with Crippen molar-refractivity contribution >= 4 is 17.7 Å². The van der Waals surface area contributed by atoms with Crippen molar-refractivity contribution in [1.29, 1.82) is 0 Å². The maximum Gasteiger partial charge on any atom is 0.252 e. The van der Waals surface area contributed by atoms with Gasteiger partial charge in [0.1, 0.15) is 23.9 Å².